The normalized spacial score (nSPS) is 10.3. The first kappa shape index (κ1) is 16.2. The molecule has 21 heavy (non-hydrogen) atoms. The summed E-state index contributed by atoms with van der Waals surface area (Å²) in [5, 5.41) is 4.58. The van der Waals surface area contributed by atoms with Gasteiger partial charge in [0.25, 0.3) is 0 Å². The van der Waals surface area contributed by atoms with E-state index in [0.717, 1.165) is 15.7 Å². The summed E-state index contributed by atoms with van der Waals surface area (Å²) in [5.41, 5.74) is 0. The predicted octanol–water partition coefficient (Wildman–Crippen LogP) is 3.74. The average molecular weight is 339 g/mol. The maximum atomic E-state index is 11.7. The molecule has 0 fully saturated rings. The van der Waals surface area contributed by atoms with Gasteiger partial charge in [0.15, 0.2) is 0 Å². The summed E-state index contributed by atoms with van der Waals surface area (Å²) in [4.78, 5) is 17.0. The van der Waals surface area contributed by atoms with E-state index in [2.05, 4.69) is 10.3 Å². The molecule has 0 bridgehead atoms. The molecule has 0 unspecified atom stereocenters. The Balaban J connectivity index is 1.60. The van der Waals surface area contributed by atoms with Crippen molar-refractivity contribution in [2.24, 2.45) is 0 Å². The van der Waals surface area contributed by atoms with Crippen molar-refractivity contribution in [1.29, 1.82) is 0 Å². The third kappa shape index (κ3) is 6.42. The molecule has 1 heterocycles. The summed E-state index contributed by atoms with van der Waals surface area (Å²) in [7, 11) is 0. The SMILES string of the molecule is O=C(CSc1ccc(Cl)cc1)NCCSc1ccccn1. The Morgan fingerprint density at radius 3 is 2.67 bits per heavy atom. The molecule has 0 aliphatic heterocycles. The molecular weight excluding hydrogens is 324 g/mol. The number of amides is 1. The van der Waals surface area contributed by atoms with Crippen molar-refractivity contribution < 1.29 is 4.79 Å². The van der Waals surface area contributed by atoms with Crippen LogP contribution in [-0.2, 0) is 4.79 Å². The van der Waals surface area contributed by atoms with Gasteiger partial charge in [-0.15, -0.1) is 23.5 Å². The van der Waals surface area contributed by atoms with Gasteiger partial charge in [0.05, 0.1) is 10.8 Å². The number of aromatic nitrogens is 1. The summed E-state index contributed by atoms with van der Waals surface area (Å²) in [6.07, 6.45) is 1.77. The Bertz CT molecular complexity index is 564. The topological polar surface area (TPSA) is 42.0 Å². The molecule has 1 amide bonds. The third-order valence-corrected chi connectivity index (χ3v) is 4.71. The second kappa shape index (κ2) is 8.97. The van der Waals surface area contributed by atoms with E-state index in [0.29, 0.717) is 17.3 Å². The molecule has 1 aromatic heterocycles. The van der Waals surface area contributed by atoms with Gasteiger partial charge in [-0.1, -0.05) is 17.7 Å². The zero-order valence-corrected chi connectivity index (χ0v) is 13.7. The van der Waals surface area contributed by atoms with Gasteiger partial charge in [-0.3, -0.25) is 4.79 Å². The minimum absolute atomic E-state index is 0.0385. The highest BCUT2D eigenvalue weighted by atomic mass is 35.5. The lowest BCUT2D eigenvalue weighted by Crippen LogP contribution is -2.27. The zero-order chi connectivity index (χ0) is 14.9. The van der Waals surface area contributed by atoms with Crippen LogP contribution in [0.2, 0.25) is 5.02 Å². The predicted molar refractivity (Wildman–Crippen MR) is 90.1 cm³/mol. The minimum atomic E-state index is 0.0385. The number of nitrogens with zero attached hydrogens (tertiary/aromatic N) is 1. The maximum absolute atomic E-state index is 11.7. The molecule has 110 valence electrons. The number of hydrogen-bond acceptors (Lipinski definition) is 4. The fraction of sp³-hybridized carbons (Fsp3) is 0.200. The van der Waals surface area contributed by atoms with Crippen molar-refractivity contribution >= 4 is 41.0 Å². The number of benzene rings is 1. The van der Waals surface area contributed by atoms with Crippen molar-refractivity contribution in [1.82, 2.24) is 10.3 Å². The molecule has 1 N–H and O–H groups in total. The molecule has 0 radical (unpaired) electrons. The fourth-order valence-electron chi connectivity index (χ4n) is 1.51. The van der Waals surface area contributed by atoms with Crippen LogP contribution in [0.5, 0.6) is 0 Å². The first-order valence-electron chi connectivity index (χ1n) is 6.43. The van der Waals surface area contributed by atoms with E-state index in [1.807, 2.05) is 42.5 Å². The number of pyridine rings is 1. The van der Waals surface area contributed by atoms with Crippen molar-refractivity contribution in [3.05, 3.63) is 53.7 Å². The van der Waals surface area contributed by atoms with Crippen LogP contribution in [0.25, 0.3) is 0 Å². The molecule has 2 aromatic rings. The number of rotatable bonds is 7. The fourth-order valence-corrected chi connectivity index (χ4v) is 3.09. The number of nitrogens with one attached hydrogen (secondary N) is 1. The summed E-state index contributed by atoms with van der Waals surface area (Å²) < 4.78 is 0. The lowest BCUT2D eigenvalue weighted by molar-refractivity contribution is -0.118. The highest BCUT2D eigenvalue weighted by Gasteiger charge is 2.02. The van der Waals surface area contributed by atoms with Crippen LogP contribution in [0.4, 0.5) is 0 Å². The zero-order valence-electron chi connectivity index (χ0n) is 11.3. The molecule has 0 aliphatic carbocycles. The van der Waals surface area contributed by atoms with Crippen LogP contribution in [0, 0.1) is 0 Å². The van der Waals surface area contributed by atoms with E-state index < -0.39 is 0 Å². The van der Waals surface area contributed by atoms with Gasteiger partial charge in [0.2, 0.25) is 5.91 Å². The molecule has 0 spiro atoms. The molecule has 1 aromatic carbocycles. The number of thioether (sulfide) groups is 2. The van der Waals surface area contributed by atoms with Crippen LogP contribution >= 0.6 is 35.1 Å². The van der Waals surface area contributed by atoms with Crippen LogP contribution < -0.4 is 5.32 Å². The summed E-state index contributed by atoms with van der Waals surface area (Å²) in [6, 6.07) is 13.3. The lowest BCUT2D eigenvalue weighted by atomic mass is 10.4. The van der Waals surface area contributed by atoms with E-state index in [9.17, 15) is 4.79 Å². The van der Waals surface area contributed by atoms with E-state index in [4.69, 9.17) is 11.6 Å². The molecule has 0 aliphatic rings. The largest absolute Gasteiger partial charge is 0.355 e. The monoisotopic (exact) mass is 338 g/mol. The first-order valence-corrected chi connectivity index (χ1v) is 8.78. The molecule has 3 nitrogen and oxygen atoms in total. The highest BCUT2D eigenvalue weighted by Crippen LogP contribution is 2.20. The lowest BCUT2D eigenvalue weighted by Gasteiger charge is -2.05. The highest BCUT2D eigenvalue weighted by molar-refractivity contribution is 8.00. The molecule has 0 saturated carbocycles. The smallest absolute Gasteiger partial charge is 0.230 e. The van der Waals surface area contributed by atoms with Crippen molar-refractivity contribution in [2.75, 3.05) is 18.1 Å². The molecule has 0 saturated heterocycles. The van der Waals surface area contributed by atoms with E-state index in [1.54, 1.807) is 18.0 Å². The van der Waals surface area contributed by atoms with Gasteiger partial charge in [0.1, 0.15) is 0 Å². The summed E-state index contributed by atoms with van der Waals surface area (Å²) in [6.45, 7) is 0.640. The Morgan fingerprint density at radius 1 is 1.14 bits per heavy atom. The molecule has 2 rings (SSSR count). The van der Waals surface area contributed by atoms with E-state index >= 15 is 0 Å². The summed E-state index contributed by atoms with van der Waals surface area (Å²) >= 11 is 8.95. The number of carbonyl (C=O) groups is 1. The summed E-state index contributed by atoms with van der Waals surface area (Å²) in [5.74, 6) is 1.26. The molecule has 0 atom stereocenters. The Hall–Kier alpha value is -1.17. The Morgan fingerprint density at radius 2 is 1.95 bits per heavy atom. The second-order valence-corrected chi connectivity index (χ2v) is 6.71. The van der Waals surface area contributed by atoms with Gasteiger partial charge < -0.3 is 5.32 Å². The van der Waals surface area contributed by atoms with Crippen LogP contribution in [0.15, 0.2) is 58.6 Å². The standard InChI is InChI=1S/C15H15ClN2OS2/c16-12-4-6-13(7-5-12)21-11-14(19)17-9-10-20-15-3-1-2-8-18-15/h1-8H,9-11H2,(H,17,19). The van der Waals surface area contributed by atoms with Gasteiger partial charge in [-0.05, 0) is 36.4 Å². The Labute approximate surface area is 137 Å². The van der Waals surface area contributed by atoms with Gasteiger partial charge >= 0.3 is 0 Å². The van der Waals surface area contributed by atoms with Crippen LogP contribution in [-0.4, -0.2) is 28.9 Å². The van der Waals surface area contributed by atoms with Gasteiger partial charge in [0, 0.05) is 28.4 Å². The first-order chi connectivity index (χ1) is 10.2. The Kier molecular flexibility index (Phi) is 6.92. The van der Waals surface area contributed by atoms with Crippen LogP contribution in [0.3, 0.4) is 0 Å². The van der Waals surface area contributed by atoms with Crippen LogP contribution in [0.1, 0.15) is 0 Å². The average Bonchev–Trinajstić information content (AvgIpc) is 2.52. The minimum Gasteiger partial charge on any atom is -0.355 e. The van der Waals surface area contributed by atoms with Crippen molar-refractivity contribution in [2.45, 2.75) is 9.92 Å². The molecule has 6 heteroatoms. The van der Waals surface area contributed by atoms with Gasteiger partial charge in [-0.25, -0.2) is 4.98 Å². The number of carbonyl (C=O) groups excluding carboxylic acids is 1. The van der Waals surface area contributed by atoms with Crippen molar-refractivity contribution in [3.8, 4) is 0 Å². The second-order valence-electron chi connectivity index (χ2n) is 4.11. The number of halogens is 1. The van der Waals surface area contributed by atoms with E-state index in [-0.39, 0.29) is 5.91 Å². The third-order valence-electron chi connectivity index (χ3n) is 2.50. The van der Waals surface area contributed by atoms with E-state index in [1.165, 1.54) is 11.8 Å². The van der Waals surface area contributed by atoms with Gasteiger partial charge in [-0.2, -0.15) is 0 Å². The number of hydrogen-bond donors (Lipinski definition) is 1. The molecular formula is C15H15ClN2OS2. The maximum Gasteiger partial charge on any atom is 0.230 e. The van der Waals surface area contributed by atoms with Crippen molar-refractivity contribution in [3.63, 3.8) is 0 Å². The quantitative estimate of drug-likeness (QED) is 0.617.